The summed E-state index contributed by atoms with van der Waals surface area (Å²) in [5.74, 6) is 0.388. The minimum absolute atomic E-state index is 0.0815. The number of nitrogens with one attached hydrogen (secondary N) is 1. The fourth-order valence-electron chi connectivity index (χ4n) is 3.82. The van der Waals surface area contributed by atoms with E-state index < -0.39 is 5.25 Å². The van der Waals surface area contributed by atoms with Gasteiger partial charge in [0.25, 0.3) is 0 Å². The molecule has 0 aromatic heterocycles. The van der Waals surface area contributed by atoms with E-state index in [2.05, 4.69) is 12.2 Å². The lowest BCUT2D eigenvalue weighted by molar-refractivity contribution is -0.121. The third-order valence-electron chi connectivity index (χ3n) is 5.72. The molecule has 0 saturated carbocycles. The first-order valence-electron chi connectivity index (χ1n) is 12.4. The van der Waals surface area contributed by atoms with Crippen LogP contribution in [0.2, 0.25) is 0 Å². The van der Waals surface area contributed by atoms with Crippen LogP contribution in [0.25, 0.3) is 0 Å². The number of carbonyl (C=O) groups is 2. The van der Waals surface area contributed by atoms with Crippen LogP contribution >= 0.6 is 11.8 Å². The van der Waals surface area contributed by atoms with E-state index in [-0.39, 0.29) is 18.2 Å². The molecule has 36 heavy (non-hydrogen) atoms. The third kappa shape index (κ3) is 6.98. The minimum atomic E-state index is -0.589. The van der Waals surface area contributed by atoms with Crippen LogP contribution in [0.3, 0.4) is 0 Å². The maximum absolute atomic E-state index is 13.2. The second-order valence-corrected chi connectivity index (χ2v) is 9.70. The highest BCUT2D eigenvalue weighted by atomic mass is 32.2. The van der Waals surface area contributed by atoms with Crippen molar-refractivity contribution in [3.8, 4) is 5.75 Å². The SMILES string of the molecule is CCCCCCOc1ccc(NC(=O)[C@@H]2CC(=O)N(c3ccccc3)C(=Nc3ccccc3)S2)cc1. The van der Waals surface area contributed by atoms with Crippen LogP contribution in [0.1, 0.15) is 39.0 Å². The van der Waals surface area contributed by atoms with Crippen molar-refractivity contribution < 1.29 is 14.3 Å². The normalized spacial score (nSPS) is 16.7. The molecule has 6 nitrogen and oxygen atoms in total. The molecule has 1 heterocycles. The van der Waals surface area contributed by atoms with Gasteiger partial charge in [0.1, 0.15) is 11.0 Å². The van der Waals surface area contributed by atoms with Crippen LogP contribution in [-0.4, -0.2) is 28.8 Å². The molecule has 1 atom stereocenters. The number of nitrogens with zero attached hydrogens (tertiary/aromatic N) is 2. The Morgan fingerprint density at radius 1 is 0.972 bits per heavy atom. The summed E-state index contributed by atoms with van der Waals surface area (Å²) in [6, 6.07) is 26.2. The molecule has 1 saturated heterocycles. The summed E-state index contributed by atoms with van der Waals surface area (Å²) in [6.45, 7) is 2.87. The number of amidine groups is 1. The topological polar surface area (TPSA) is 71.0 Å². The molecule has 0 radical (unpaired) electrons. The summed E-state index contributed by atoms with van der Waals surface area (Å²) in [5, 5.41) is 2.83. The Balaban J connectivity index is 1.44. The predicted molar refractivity (Wildman–Crippen MR) is 148 cm³/mol. The van der Waals surface area contributed by atoms with Crippen molar-refractivity contribution in [3.63, 3.8) is 0 Å². The van der Waals surface area contributed by atoms with Gasteiger partial charge >= 0.3 is 0 Å². The molecule has 3 aromatic carbocycles. The highest BCUT2D eigenvalue weighted by Crippen LogP contribution is 2.33. The van der Waals surface area contributed by atoms with E-state index in [0.717, 1.165) is 23.5 Å². The van der Waals surface area contributed by atoms with E-state index in [9.17, 15) is 9.59 Å². The summed E-state index contributed by atoms with van der Waals surface area (Å²) in [5.41, 5.74) is 2.12. The molecule has 0 aliphatic carbocycles. The largest absolute Gasteiger partial charge is 0.494 e. The number of anilines is 2. The molecule has 1 aliphatic rings. The summed E-state index contributed by atoms with van der Waals surface area (Å²) in [6.07, 6.45) is 4.70. The van der Waals surface area contributed by atoms with Gasteiger partial charge in [0.2, 0.25) is 11.8 Å². The van der Waals surface area contributed by atoms with Crippen LogP contribution in [0, 0.1) is 0 Å². The van der Waals surface area contributed by atoms with E-state index in [1.807, 2.05) is 84.9 Å². The van der Waals surface area contributed by atoms with Gasteiger partial charge < -0.3 is 10.1 Å². The van der Waals surface area contributed by atoms with Crippen LogP contribution < -0.4 is 15.0 Å². The number of amides is 2. The number of hydrogen-bond donors (Lipinski definition) is 1. The molecule has 3 aromatic rings. The van der Waals surface area contributed by atoms with Crippen LogP contribution in [-0.2, 0) is 9.59 Å². The summed E-state index contributed by atoms with van der Waals surface area (Å²) in [7, 11) is 0. The fourth-order valence-corrected chi connectivity index (χ4v) is 4.94. The van der Waals surface area contributed by atoms with Crippen molar-refractivity contribution in [2.45, 2.75) is 44.3 Å². The van der Waals surface area contributed by atoms with Gasteiger partial charge in [0.15, 0.2) is 5.17 Å². The zero-order valence-electron chi connectivity index (χ0n) is 20.4. The molecular weight excluding hydrogens is 470 g/mol. The quantitative estimate of drug-likeness (QED) is 0.310. The van der Waals surface area contributed by atoms with E-state index in [4.69, 9.17) is 9.73 Å². The first-order chi connectivity index (χ1) is 17.6. The number of carbonyl (C=O) groups excluding carboxylic acids is 2. The Labute approximate surface area is 216 Å². The molecule has 2 amide bonds. The first-order valence-corrected chi connectivity index (χ1v) is 13.2. The van der Waals surface area contributed by atoms with Gasteiger partial charge in [-0.2, -0.15) is 0 Å². The van der Waals surface area contributed by atoms with Crippen molar-refractivity contribution in [3.05, 3.63) is 84.9 Å². The minimum Gasteiger partial charge on any atom is -0.494 e. The second-order valence-electron chi connectivity index (χ2n) is 8.53. The van der Waals surface area contributed by atoms with E-state index in [0.29, 0.717) is 17.5 Å². The van der Waals surface area contributed by atoms with Gasteiger partial charge in [-0.25, -0.2) is 4.99 Å². The molecule has 0 spiro atoms. The van der Waals surface area contributed by atoms with Crippen molar-refractivity contribution >= 4 is 45.8 Å². The number of rotatable bonds is 10. The number of hydrogen-bond acceptors (Lipinski definition) is 5. The van der Waals surface area contributed by atoms with E-state index in [1.165, 1.54) is 31.0 Å². The average molecular weight is 502 g/mol. The van der Waals surface area contributed by atoms with Gasteiger partial charge in [0, 0.05) is 12.1 Å². The van der Waals surface area contributed by atoms with Gasteiger partial charge in [-0.15, -0.1) is 0 Å². The molecule has 4 rings (SSSR count). The number of benzene rings is 3. The molecule has 0 bridgehead atoms. The number of ether oxygens (including phenoxy) is 1. The van der Waals surface area contributed by atoms with E-state index in [1.54, 1.807) is 4.90 Å². The Morgan fingerprint density at radius 2 is 1.67 bits per heavy atom. The number of unbranched alkanes of at least 4 members (excludes halogenated alkanes) is 3. The standard InChI is InChI=1S/C29H31N3O3S/c1-2-3-4-11-20-35-25-18-16-23(17-19-25)30-28(34)26-21-27(33)32(24-14-9-6-10-15-24)29(36-26)31-22-12-7-5-8-13-22/h5-10,12-19,26H,2-4,11,20-21H2,1H3,(H,30,34)/t26-/m0/s1. The van der Waals surface area contributed by atoms with Gasteiger partial charge in [0.05, 0.1) is 18.0 Å². The van der Waals surface area contributed by atoms with Gasteiger partial charge in [-0.1, -0.05) is 74.3 Å². The second kappa shape index (κ2) is 12.9. The monoisotopic (exact) mass is 501 g/mol. The highest BCUT2D eigenvalue weighted by Gasteiger charge is 2.36. The van der Waals surface area contributed by atoms with Crippen LogP contribution in [0.15, 0.2) is 89.9 Å². The molecule has 0 unspecified atom stereocenters. The number of aliphatic imine (C=N–C) groups is 1. The average Bonchev–Trinajstić information content (AvgIpc) is 2.90. The number of para-hydroxylation sites is 2. The van der Waals surface area contributed by atoms with Crippen LogP contribution in [0.5, 0.6) is 5.75 Å². The van der Waals surface area contributed by atoms with Crippen molar-refractivity contribution in [2.75, 3.05) is 16.8 Å². The molecule has 186 valence electrons. The van der Waals surface area contributed by atoms with Gasteiger partial charge in [-0.05, 0) is 55.0 Å². The summed E-state index contributed by atoms with van der Waals surface area (Å²) in [4.78, 5) is 32.6. The highest BCUT2D eigenvalue weighted by molar-refractivity contribution is 8.15. The Morgan fingerprint density at radius 3 is 2.36 bits per heavy atom. The maximum Gasteiger partial charge on any atom is 0.238 e. The van der Waals surface area contributed by atoms with Gasteiger partial charge in [-0.3, -0.25) is 14.5 Å². The van der Waals surface area contributed by atoms with Crippen LogP contribution in [0.4, 0.5) is 17.1 Å². The molecule has 1 N–H and O–H groups in total. The third-order valence-corrected chi connectivity index (χ3v) is 6.87. The zero-order valence-corrected chi connectivity index (χ0v) is 21.2. The zero-order chi connectivity index (χ0) is 25.2. The lowest BCUT2D eigenvalue weighted by Crippen LogP contribution is -2.45. The lowest BCUT2D eigenvalue weighted by atomic mass is 10.2. The first kappa shape index (κ1) is 25.5. The molecule has 7 heteroatoms. The van der Waals surface area contributed by atoms with Crippen molar-refractivity contribution in [1.82, 2.24) is 0 Å². The molecule has 1 aliphatic heterocycles. The fraction of sp³-hybridized carbons (Fsp3) is 0.276. The summed E-state index contributed by atoms with van der Waals surface area (Å²) >= 11 is 1.30. The predicted octanol–water partition coefficient (Wildman–Crippen LogP) is 6.81. The molecular formula is C29H31N3O3S. The van der Waals surface area contributed by atoms with Crippen molar-refractivity contribution in [1.29, 1.82) is 0 Å². The van der Waals surface area contributed by atoms with E-state index >= 15 is 0 Å². The number of thioether (sulfide) groups is 1. The maximum atomic E-state index is 13.2. The molecule has 1 fully saturated rings. The lowest BCUT2D eigenvalue weighted by Gasteiger charge is -2.31. The summed E-state index contributed by atoms with van der Waals surface area (Å²) < 4.78 is 5.78. The Kier molecular flexibility index (Phi) is 9.16. The Bertz CT molecular complexity index is 1170. The smallest absolute Gasteiger partial charge is 0.238 e. The Hall–Kier alpha value is -3.58. The van der Waals surface area contributed by atoms with Crippen molar-refractivity contribution in [2.24, 2.45) is 4.99 Å².